The molecule has 0 radical (unpaired) electrons. The quantitative estimate of drug-likeness (QED) is 0.749. The number of likely N-dealkylation sites (tertiary alicyclic amines) is 1. The number of nitrogens with zero attached hydrogens (tertiary/aromatic N) is 2. The molecule has 0 saturated carbocycles. The van der Waals surface area contributed by atoms with Crippen molar-refractivity contribution in [2.75, 3.05) is 13.7 Å². The molecule has 1 amide bonds. The van der Waals surface area contributed by atoms with Crippen molar-refractivity contribution in [3.8, 4) is 0 Å². The van der Waals surface area contributed by atoms with Crippen molar-refractivity contribution in [1.82, 2.24) is 15.2 Å². The maximum atomic E-state index is 14.6. The number of rotatable bonds is 5. The Labute approximate surface area is 172 Å². The van der Waals surface area contributed by atoms with E-state index in [1.807, 2.05) is 5.32 Å². The molecule has 1 aliphatic rings. The maximum absolute atomic E-state index is 14.6. The molecule has 0 spiro atoms. The number of hydrogen-bond acceptors (Lipinski definition) is 5. The minimum Gasteiger partial charge on any atom is -0.466 e. The van der Waals surface area contributed by atoms with E-state index >= 15 is 0 Å². The summed E-state index contributed by atoms with van der Waals surface area (Å²) in [6, 6.07) is 9.96. The van der Waals surface area contributed by atoms with Crippen LogP contribution in [0.25, 0.3) is 0 Å². The summed E-state index contributed by atoms with van der Waals surface area (Å²) in [5.74, 6) is -2.61. The lowest BCUT2D eigenvalue weighted by atomic mass is 9.91. The highest BCUT2D eigenvalue weighted by Gasteiger charge is 2.68. The summed E-state index contributed by atoms with van der Waals surface area (Å²) in [7, 11) is 0.876. The smallest absolute Gasteiger partial charge is 0.436 e. The Balaban J connectivity index is 2.12. The monoisotopic (exact) mass is 421 g/mol. The van der Waals surface area contributed by atoms with Gasteiger partial charge in [-0.1, -0.05) is 30.7 Å². The average molecular weight is 421 g/mol. The van der Waals surface area contributed by atoms with Crippen molar-refractivity contribution in [1.29, 1.82) is 0 Å². The summed E-state index contributed by atoms with van der Waals surface area (Å²) < 4.78 is 48.4. The number of carbonyl (C=O) groups is 2. The van der Waals surface area contributed by atoms with E-state index in [-0.39, 0.29) is 12.1 Å². The number of nitrogens with one attached hydrogen (secondary N) is 1. The molecule has 0 bridgehead atoms. The Hall–Kier alpha value is -2.94. The lowest BCUT2D eigenvalue weighted by Crippen LogP contribution is -2.74. The van der Waals surface area contributed by atoms with Gasteiger partial charge in [0.25, 0.3) is 11.6 Å². The van der Waals surface area contributed by atoms with Crippen LogP contribution in [0, 0.1) is 0 Å². The molecule has 6 nitrogen and oxygen atoms in total. The van der Waals surface area contributed by atoms with Gasteiger partial charge in [-0.05, 0) is 36.6 Å². The van der Waals surface area contributed by atoms with Gasteiger partial charge in [-0.25, -0.2) is 4.79 Å². The van der Waals surface area contributed by atoms with Gasteiger partial charge in [0, 0.05) is 30.5 Å². The number of benzene rings is 1. The van der Waals surface area contributed by atoms with Crippen LogP contribution in [0.2, 0.25) is 0 Å². The number of alkyl halides is 3. The Morgan fingerprint density at radius 2 is 1.87 bits per heavy atom. The predicted octanol–water partition coefficient (Wildman–Crippen LogP) is 3.47. The Morgan fingerprint density at radius 3 is 2.47 bits per heavy atom. The van der Waals surface area contributed by atoms with E-state index in [4.69, 9.17) is 0 Å². The fraction of sp³-hybridized carbons (Fsp3) is 0.381. The van der Waals surface area contributed by atoms with Crippen LogP contribution < -0.4 is 5.32 Å². The van der Waals surface area contributed by atoms with Crippen molar-refractivity contribution < 1.29 is 27.5 Å². The number of esters is 1. The van der Waals surface area contributed by atoms with E-state index in [0.29, 0.717) is 24.8 Å². The van der Waals surface area contributed by atoms with Gasteiger partial charge in [-0.3, -0.25) is 14.7 Å². The van der Waals surface area contributed by atoms with Gasteiger partial charge in [0.05, 0.1) is 7.11 Å². The molecule has 2 atom stereocenters. The molecular formula is C21H22F3N3O3. The highest BCUT2D eigenvalue weighted by Crippen LogP contribution is 2.43. The largest absolute Gasteiger partial charge is 0.466 e. The topological polar surface area (TPSA) is 71.5 Å². The van der Waals surface area contributed by atoms with Gasteiger partial charge < -0.3 is 10.1 Å². The zero-order chi connectivity index (χ0) is 21.8. The zero-order valence-electron chi connectivity index (χ0n) is 16.4. The number of halogens is 3. The second-order valence-corrected chi connectivity index (χ2v) is 7.01. The van der Waals surface area contributed by atoms with Gasteiger partial charge in [0.2, 0.25) is 0 Å². The SMILES string of the molecule is COC(=O)C(NC(=O)c1ccccc1)(N1CCCCC1c1cccnc1)C(F)(F)F. The lowest BCUT2D eigenvalue weighted by Gasteiger charge is -2.48. The molecule has 1 fully saturated rings. The Kier molecular flexibility index (Phi) is 6.40. The van der Waals surface area contributed by atoms with Crippen LogP contribution >= 0.6 is 0 Å². The van der Waals surface area contributed by atoms with Crippen molar-refractivity contribution in [2.45, 2.75) is 37.1 Å². The molecule has 1 aromatic heterocycles. The Bertz CT molecular complexity index is 877. The molecule has 2 unspecified atom stereocenters. The van der Waals surface area contributed by atoms with Crippen molar-refractivity contribution in [3.63, 3.8) is 0 Å². The molecule has 160 valence electrons. The second kappa shape index (κ2) is 8.83. The number of piperidine rings is 1. The summed E-state index contributed by atoms with van der Waals surface area (Å²) in [5, 5.41) is 1.97. The first kappa shape index (κ1) is 21.8. The predicted molar refractivity (Wildman–Crippen MR) is 102 cm³/mol. The number of hydrogen-bond donors (Lipinski definition) is 1. The standard InChI is InChI=1S/C21H22F3N3O3/c1-30-19(29)20(21(22,23)24,26-18(28)15-8-3-2-4-9-15)27-13-6-5-11-17(27)16-10-7-12-25-14-16/h2-4,7-10,12,14,17H,5-6,11,13H2,1H3,(H,26,28). The molecular weight excluding hydrogens is 399 g/mol. The molecule has 1 aromatic carbocycles. The van der Waals surface area contributed by atoms with Crippen LogP contribution in [-0.4, -0.2) is 47.3 Å². The number of pyridine rings is 1. The Morgan fingerprint density at radius 1 is 1.13 bits per heavy atom. The first-order chi connectivity index (χ1) is 14.3. The van der Waals surface area contributed by atoms with Crippen LogP contribution in [0.1, 0.15) is 41.2 Å². The van der Waals surface area contributed by atoms with Crippen LogP contribution in [0.3, 0.4) is 0 Å². The number of methoxy groups -OCH3 is 1. The third-order valence-electron chi connectivity index (χ3n) is 5.22. The van der Waals surface area contributed by atoms with Gasteiger partial charge in [-0.15, -0.1) is 0 Å². The van der Waals surface area contributed by atoms with E-state index in [1.54, 1.807) is 18.2 Å². The summed E-state index contributed by atoms with van der Waals surface area (Å²) in [4.78, 5) is 30.5. The first-order valence-electron chi connectivity index (χ1n) is 9.50. The van der Waals surface area contributed by atoms with Gasteiger partial charge >= 0.3 is 12.1 Å². The molecule has 3 rings (SSSR count). The molecule has 9 heteroatoms. The fourth-order valence-electron chi connectivity index (χ4n) is 3.82. The molecule has 2 heterocycles. The first-order valence-corrected chi connectivity index (χ1v) is 9.50. The molecule has 30 heavy (non-hydrogen) atoms. The van der Waals surface area contributed by atoms with E-state index in [9.17, 15) is 22.8 Å². The second-order valence-electron chi connectivity index (χ2n) is 7.01. The van der Waals surface area contributed by atoms with Gasteiger partial charge in [0.1, 0.15) is 0 Å². The van der Waals surface area contributed by atoms with Crippen LogP contribution in [0.4, 0.5) is 13.2 Å². The van der Waals surface area contributed by atoms with Crippen LogP contribution in [0.5, 0.6) is 0 Å². The minimum absolute atomic E-state index is 0.00460. The summed E-state index contributed by atoms with van der Waals surface area (Å²) >= 11 is 0. The van der Waals surface area contributed by atoms with E-state index in [0.717, 1.165) is 12.0 Å². The fourth-order valence-corrected chi connectivity index (χ4v) is 3.82. The average Bonchev–Trinajstić information content (AvgIpc) is 2.77. The van der Waals surface area contributed by atoms with E-state index in [2.05, 4.69) is 9.72 Å². The molecule has 1 N–H and O–H groups in total. The zero-order valence-corrected chi connectivity index (χ0v) is 16.4. The molecule has 1 saturated heterocycles. The molecule has 2 aromatic rings. The number of carbonyl (C=O) groups excluding carboxylic acids is 2. The van der Waals surface area contributed by atoms with E-state index in [1.165, 1.54) is 36.7 Å². The van der Waals surface area contributed by atoms with Crippen LogP contribution in [-0.2, 0) is 9.53 Å². The normalized spacial score (nSPS) is 19.5. The highest BCUT2D eigenvalue weighted by atomic mass is 19.4. The van der Waals surface area contributed by atoms with E-state index < -0.39 is 29.8 Å². The number of amides is 1. The third kappa shape index (κ3) is 4.02. The third-order valence-corrected chi connectivity index (χ3v) is 5.22. The number of aromatic nitrogens is 1. The van der Waals surface area contributed by atoms with Gasteiger partial charge in [0.15, 0.2) is 0 Å². The summed E-state index contributed by atoms with van der Waals surface area (Å²) in [6.45, 7) is -0.0523. The number of ether oxygens (including phenoxy) is 1. The van der Waals surface area contributed by atoms with Crippen molar-refractivity contribution in [3.05, 3.63) is 66.0 Å². The summed E-state index contributed by atoms with van der Waals surface area (Å²) in [5.41, 5.74) is -2.80. The van der Waals surface area contributed by atoms with Crippen molar-refractivity contribution in [2.24, 2.45) is 0 Å². The minimum atomic E-state index is -5.14. The summed E-state index contributed by atoms with van der Waals surface area (Å²) in [6.07, 6.45) is -0.653. The maximum Gasteiger partial charge on any atom is 0.436 e. The van der Waals surface area contributed by atoms with Crippen LogP contribution in [0.15, 0.2) is 54.9 Å². The molecule has 1 aliphatic heterocycles. The molecule has 0 aliphatic carbocycles. The van der Waals surface area contributed by atoms with Gasteiger partial charge in [-0.2, -0.15) is 13.2 Å². The lowest BCUT2D eigenvalue weighted by molar-refractivity contribution is -0.254. The highest BCUT2D eigenvalue weighted by molar-refractivity contribution is 5.98. The van der Waals surface area contributed by atoms with Crippen molar-refractivity contribution >= 4 is 11.9 Å².